The summed E-state index contributed by atoms with van der Waals surface area (Å²) in [4.78, 5) is 17.6. The van der Waals surface area contributed by atoms with E-state index in [0.29, 0.717) is 31.2 Å². The van der Waals surface area contributed by atoms with Crippen molar-refractivity contribution in [2.45, 2.75) is 23.8 Å². The zero-order chi connectivity index (χ0) is 18.1. The average molecular weight is 378 g/mol. The van der Waals surface area contributed by atoms with Gasteiger partial charge in [0.1, 0.15) is 0 Å². The van der Waals surface area contributed by atoms with Gasteiger partial charge in [0.25, 0.3) is 5.91 Å². The minimum atomic E-state index is -3.50. The number of hydrogen-bond acceptors (Lipinski definition) is 5. The summed E-state index contributed by atoms with van der Waals surface area (Å²) in [5.74, 6) is -0.207. The van der Waals surface area contributed by atoms with Crippen LogP contribution in [-0.2, 0) is 10.0 Å². The van der Waals surface area contributed by atoms with Crippen LogP contribution >= 0.6 is 0 Å². The second kappa shape index (κ2) is 7.26. The molecule has 0 aliphatic carbocycles. The zero-order valence-electron chi connectivity index (χ0n) is 14.9. The van der Waals surface area contributed by atoms with Gasteiger partial charge in [0.15, 0.2) is 0 Å². The number of nitrogens with zero attached hydrogens (tertiary/aromatic N) is 3. The molecule has 1 aromatic rings. The Kier molecular flexibility index (Phi) is 5.00. The zero-order valence-corrected chi connectivity index (χ0v) is 15.7. The van der Waals surface area contributed by atoms with E-state index in [2.05, 4.69) is 15.1 Å². The van der Waals surface area contributed by atoms with Gasteiger partial charge < -0.3 is 5.32 Å². The number of hydrogen-bond donors (Lipinski definition) is 1. The number of piperazine rings is 3. The minimum absolute atomic E-state index is 0.207. The average Bonchev–Trinajstić information content (AvgIpc) is 3.23. The van der Waals surface area contributed by atoms with Crippen LogP contribution in [-0.4, -0.2) is 86.8 Å². The summed E-state index contributed by atoms with van der Waals surface area (Å²) in [6.07, 6.45) is 1.79. The maximum atomic E-state index is 12.7. The molecule has 26 heavy (non-hydrogen) atoms. The van der Waals surface area contributed by atoms with E-state index < -0.39 is 10.0 Å². The Bertz CT molecular complexity index is 768. The summed E-state index contributed by atoms with van der Waals surface area (Å²) >= 11 is 0. The lowest BCUT2D eigenvalue weighted by Crippen LogP contribution is -2.63. The molecule has 142 valence electrons. The fraction of sp³-hybridized carbons (Fsp3) is 0.611. The molecule has 4 aliphatic heterocycles. The second-order valence-corrected chi connectivity index (χ2v) is 9.28. The SMILES string of the molecule is O=C(NC[C@H]1CN2CCN1CC2)c1cccc(S(=O)(=O)N2CCCC2)c1. The standard InChI is InChI=1S/C18H26N4O3S/c23-18(19-13-16-14-20-8-10-21(16)11-9-20)15-4-3-5-17(12-15)26(24,25)22-6-1-2-7-22/h3-5,12,16H,1-2,6-11,13-14H2,(H,19,23)/t16-/m0/s1. The summed E-state index contributed by atoms with van der Waals surface area (Å²) in [7, 11) is -3.50. The Labute approximate surface area is 155 Å². The summed E-state index contributed by atoms with van der Waals surface area (Å²) < 4.78 is 26.9. The lowest BCUT2D eigenvalue weighted by atomic mass is 10.1. The van der Waals surface area contributed by atoms with Gasteiger partial charge >= 0.3 is 0 Å². The summed E-state index contributed by atoms with van der Waals surface area (Å²) in [6, 6.07) is 6.74. The fourth-order valence-corrected chi connectivity index (χ4v) is 5.67. The van der Waals surface area contributed by atoms with Crippen molar-refractivity contribution in [2.24, 2.45) is 0 Å². The first-order valence-corrected chi connectivity index (χ1v) is 10.8. The first-order valence-electron chi connectivity index (χ1n) is 9.39. The highest BCUT2D eigenvalue weighted by molar-refractivity contribution is 7.89. The van der Waals surface area contributed by atoms with Gasteiger partial charge in [-0.2, -0.15) is 4.31 Å². The molecule has 0 radical (unpaired) electrons. The molecular weight excluding hydrogens is 352 g/mol. The molecule has 7 nitrogen and oxygen atoms in total. The number of sulfonamides is 1. The maximum Gasteiger partial charge on any atom is 0.251 e. The van der Waals surface area contributed by atoms with E-state index in [9.17, 15) is 13.2 Å². The lowest BCUT2D eigenvalue weighted by Gasteiger charge is -2.47. The highest BCUT2D eigenvalue weighted by atomic mass is 32.2. The largest absolute Gasteiger partial charge is 0.350 e. The molecule has 4 fully saturated rings. The van der Waals surface area contributed by atoms with Gasteiger partial charge in [-0.25, -0.2) is 8.42 Å². The molecule has 4 heterocycles. The molecule has 1 atom stereocenters. The van der Waals surface area contributed by atoms with Crippen LogP contribution in [0.5, 0.6) is 0 Å². The van der Waals surface area contributed by atoms with Gasteiger partial charge in [0.05, 0.1) is 4.90 Å². The molecule has 0 spiro atoms. The first kappa shape index (κ1) is 17.9. The Hall–Kier alpha value is -1.48. The van der Waals surface area contributed by atoms with Crippen molar-refractivity contribution < 1.29 is 13.2 Å². The van der Waals surface area contributed by atoms with Crippen molar-refractivity contribution in [2.75, 3.05) is 52.4 Å². The number of nitrogens with one attached hydrogen (secondary N) is 1. The van der Waals surface area contributed by atoms with Gasteiger partial charge in [0, 0.05) is 64.0 Å². The van der Waals surface area contributed by atoms with Gasteiger partial charge in [0.2, 0.25) is 10.0 Å². The summed E-state index contributed by atoms with van der Waals surface area (Å²) in [5, 5.41) is 2.99. The Morgan fingerprint density at radius 3 is 2.46 bits per heavy atom. The van der Waals surface area contributed by atoms with Crippen molar-refractivity contribution in [3.05, 3.63) is 29.8 Å². The van der Waals surface area contributed by atoms with E-state index in [-0.39, 0.29) is 10.8 Å². The third-order valence-electron chi connectivity index (χ3n) is 5.69. The van der Waals surface area contributed by atoms with Crippen molar-refractivity contribution in [1.82, 2.24) is 19.4 Å². The first-order chi connectivity index (χ1) is 12.5. The van der Waals surface area contributed by atoms with Crippen molar-refractivity contribution in [3.8, 4) is 0 Å². The molecule has 2 bridgehead atoms. The molecule has 0 unspecified atom stereocenters. The molecule has 0 saturated carbocycles. The molecule has 1 aromatic carbocycles. The topological polar surface area (TPSA) is 73.0 Å². The Balaban J connectivity index is 1.42. The predicted molar refractivity (Wildman–Crippen MR) is 98.6 cm³/mol. The van der Waals surface area contributed by atoms with Crippen molar-refractivity contribution in [3.63, 3.8) is 0 Å². The normalized spacial score (nSPS) is 29.0. The van der Waals surface area contributed by atoms with E-state index in [1.54, 1.807) is 18.2 Å². The van der Waals surface area contributed by atoms with Crippen LogP contribution in [0.4, 0.5) is 0 Å². The summed E-state index contributed by atoms with van der Waals surface area (Å²) in [5.41, 5.74) is 0.404. The number of rotatable bonds is 5. The Morgan fingerprint density at radius 1 is 1.08 bits per heavy atom. The van der Waals surface area contributed by atoms with E-state index in [1.807, 2.05) is 0 Å². The molecule has 4 saturated heterocycles. The number of carbonyl (C=O) groups is 1. The Morgan fingerprint density at radius 2 is 1.81 bits per heavy atom. The number of carbonyl (C=O) groups excluding carboxylic acids is 1. The highest BCUT2D eigenvalue weighted by Gasteiger charge is 2.32. The van der Waals surface area contributed by atoms with Gasteiger partial charge in [-0.15, -0.1) is 0 Å². The third-order valence-corrected chi connectivity index (χ3v) is 7.58. The van der Waals surface area contributed by atoms with E-state index in [0.717, 1.165) is 45.6 Å². The summed E-state index contributed by atoms with van der Waals surface area (Å²) in [6.45, 7) is 7.05. The predicted octanol–water partition coefficient (Wildman–Crippen LogP) is 0.201. The quantitative estimate of drug-likeness (QED) is 0.793. The van der Waals surface area contributed by atoms with Crippen molar-refractivity contribution >= 4 is 15.9 Å². The smallest absolute Gasteiger partial charge is 0.251 e. The minimum Gasteiger partial charge on any atom is -0.350 e. The van der Waals surface area contributed by atoms with Crippen LogP contribution in [0.15, 0.2) is 29.2 Å². The van der Waals surface area contributed by atoms with Gasteiger partial charge in [-0.1, -0.05) is 6.07 Å². The fourth-order valence-electron chi connectivity index (χ4n) is 4.11. The van der Waals surface area contributed by atoms with Crippen LogP contribution in [0, 0.1) is 0 Å². The number of fused-ring (bicyclic) bond motifs is 3. The monoisotopic (exact) mass is 378 g/mol. The van der Waals surface area contributed by atoms with Crippen LogP contribution in [0.1, 0.15) is 23.2 Å². The molecule has 1 amide bonds. The van der Waals surface area contributed by atoms with Gasteiger partial charge in [-0.3, -0.25) is 14.6 Å². The third kappa shape index (κ3) is 3.51. The van der Waals surface area contributed by atoms with Crippen LogP contribution in [0.25, 0.3) is 0 Å². The number of amides is 1. The van der Waals surface area contributed by atoms with Crippen LogP contribution in [0.3, 0.4) is 0 Å². The van der Waals surface area contributed by atoms with E-state index in [1.165, 1.54) is 10.4 Å². The van der Waals surface area contributed by atoms with Crippen molar-refractivity contribution in [1.29, 1.82) is 0 Å². The molecular formula is C18H26N4O3S. The number of benzene rings is 1. The molecule has 1 N–H and O–H groups in total. The van der Waals surface area contributed by atoms with Gasteiger partial charge in [-0.05, 0) is 31.0 Å². The van der Waals surface area contributed by atoms with Crippen LogP contribution in [0.2, 0.25) is 0 Å². The van der Waals surface area contributed by atoms with Crippen LogP contribution < -0.4 is 5.32 Å². The molecule has 8 heteroatoms. The van der Waals surface area contributed by atoms with E-state index >= 15 is 0 Å². The maximum absolute atomic E-state index is 12.7. The molecule has 5 rings (SSSR count). The van der Waals surface area contributed by atoms with E-state index in [4.69, 9.17) is 0 Å². The highest BCUT2D eigenvalue weighted by Crippen LogP contribution is 2.21. The lowest BCUT2D eigenvalue weighted by molar-refractivity contribution is 0.0138. The molecule has 4 aliphatic rings. The molecule has 0 aromatic heterocycles. The second-order valence-electron chi connectivity index (χ2n) is 7.34.